The Morgan fingerprint density at radius 3 is 1.02 bits per heavy atom. The van der Waals surface area contributed by atoms with E-state index in [-0.39, 0.29) is 0 Å². The molecular weight excluding hydrogens is 721 g/mol. The summed E-state index contributed by atoms with van der Waals surface area (Å²) in [4.78, 5) is 0. The second-order valence-electron chi connectivity index (χ2n) is 16.7. The Bertz CT molecular complexity index is 3290. The third-order valence-electron chi connectivity index (χ3n) is 13.9. The van der Waals surface area contributed by atoms with Crippen LogP contribution in [-0.4, -0.2) is 0 Å². The van der Waals surface area contributed by atoms with E-state index < -0.39 is 10.8 Å². The quantitative estimate of drug-likeness (QED) is 0.157. The predicted molar refractivity (Wildman–Crippen MR) is 251 cm³/mol. The lowest BCUT2D eigenvalue weighted by Crippen LogP contribution is -2.34. The fourth-order valence-corrected chi connectivity index (χ4v) is 11.6. The maximum atomic E-state index is 2.47. The molecular formula is C60H38. The lowest BCUT2D eigenvalue weighted by Gasteiger charge is -2.42. The highest BCUT2D eigenvalue weighted by molar-refractivity contribution is 6.07. The summed E-state index contributed by atoms with van der Waals surface area (Å²) in [5.41, 5.74) is 14.6. The molecule has 0 N–H and O–H groups in total. The molecule has 0 fully saturated rings. The van der Waals surface area contributed by atoms with Crippen LogP contribution in [0.5, 0.6) is 0 Å². The molecule has 0 aromatic heterocycles. The first kappa shape index (κ1) is 33.4. The van der Waals surface area contributed by atoms with Crippen LogP contribution in [0.3, 0.4) is 0 Å². The molecule has 2 unspecified atom stereocenters. The molecule has 0 spiro atoms. The van der Waals surface area contributed by atoms with Crippen LogP contribution in [0.2, 0.25) is 0 Å². The van der Waals surface area contributed by atoms with Crippen molar-refractivity contribution >= 4 is 43.1 Å². The highest BCUT2D eigenvalue weighted by atomic mass is 14.5. The minimum absolute atomic E-state index is 0.507. The van der Waals surface area contributed by atoms with E-state index in [9.17, 15) is 0 Å². The van der Waals surface area contributed by atoms with E-state index in [0.29, 0.717) is 0 Å². The van der Waals surface area contributed by atoms with Crippen molar-refractivity contribution in [1.29, 1.82) is 0 Å². The van der Waals surface area contributed by atoms with Crippen molar-refractivity contribution in [2.45, 2.75) is 10.8 Å². The summed E-state index contributed by atoms with van der Waals surface area (Å²) < 4.78 is 0. The third-order valence-corrected chi connectivity index (χ3v) is 13.9. The molecule has 0 aliphatic heterocycles. The molecule has 11 aromatic carbocycles. The van der Waals surface area contributed by atoms with Crippen molar-refractivity contribution in [2.75, 3.05) is 0 Å². The lowest BCUT2D eigenvalue weighted by molar-refractivity contribution is 0.751. The number of hydrogen-bond donors (Lipinski definition) is 0. The van der Waals surface area contributed by atoms with Crippen LogP contribution < -0.4 is 0 Å². The first-order valence-electron chi connectivity index (χ1n) is 21.1. The van der Waals surface area contributed by atoms with Crippen LogP contribution in [0.4, 0.5) is 0 Å². The van der Waals surface area contributed by atoms with E-state index in [1.807, 2.05) is 0 Å². The Morgan fingerprint density at radius 2 is 0.567 bits per heavy atom. The molecule has 2 aliphatic rings. The number of fused-ring (bicyclic) bond motifs is 6. The highest BCUT2D eigenvalue weighted by Gasteiger charge is 2.45. The van der Waals surface area contributed by atoms with E-state index >= 15 is 0 Å². The topological polar surface area (TPSA) is 0 Å². The molecule has 0 saturated carbocycles. The van der Waals surface area contributed by atoms with Gasteiger partial charge in [0.25, 0.3) is 0 Å². The summed E-state index contributed by atoms with van der Waals surface area (Å²) in [5.74, 6) is 0. The average Bonchev–Trinajstić information content (AvgIpc) is 3.32. The molecule has 0 radical (unpaired) electrons. The average molecular weight is 759 g/mol. The third kappa shape index (κ3) is 4.35. The minimum atomic E-state index is -0.507. The molecule has 0 nitrogen and oxygen atoms in total. The zero-order valence-electron chi connectivity index (χ0n) is 32.9. The number of benzene rings is 11. The van der Waals surface area contributed by atoms with E-state index in [1.165, 1.54) is 110 Å². The SMILES string of the molecule is c1ccc(C2(c3ccc4cc5cc(C6(c7ccccc7)c7ccccc7-c7cccc8cccc6c78)ccc5cc4c3)c3ccccc3-c3cccc4cccc2c34)cc1. The Kier molecular flexibility index (Phi) is 6.95. The zero-order valence-corrected chi connectivity index (χ0v) is 32.9. The highest BCUT2D eigenvalue weighted by Crippen LogP contribution is 2.57. The van der Waals surface area contributed by atoms with Gasteiger partial charge in [-0.3, -0.25) is 0 Å². The van der Waals surface area contributed by atoms with Crippen LogP contribution in [0.1, 0.15) is 44.5 Å². The molecule has 0 saturated heterocycles. The zero-order chi connectivity index (χ0) is 39.4. The number of rotatable bonds is 4. The van der Waals surface area contributed by atoms with Crippen LogP contribution in [0.15, 0.2) is 231 Å². The molecule has 0 heteroatoms. The molecule has 0 amide bonds. The molecule has 2 atom stereocenters. The van der Waals surface area contributed by atoms with Gasteiger partial charge in [-0.15, -0.1) is 0 Å². The van der Waals surface area contributed by atoms with Crippen LogP contribution in [-0.2, 0) is 10.8 Å². The van der Waals surface area contributed by atoms with Gasteiger partial charge in [-0.25, -0.2) is 0 Å². The van der Waals surface area contributed by atoms with Gasteiger partial charge in [0.1, 0.15) is 0 Å². The maximum Gasteiger partial charge on any atom is 0.0714 e. The van der Waals surface area contributed by atoms with Crippen molar-refractivity contribution in [3.63, 3.8) is 0 Å². The minimum Gasteiger partial charge on any atom is -0.0622 e. The summed E-state index contributed by atoms with van der Waals surface area (Å²) in [6, 6.07) is 87.0. The van der Waals surface area contributed by atoms with Gasteiger partial charge >= 0.3 is 0 Å². The van der Waals surface area contributed by atoms with E-state index in [2.05, 4.69) is 231 Å². The largest absolute Gasteiger partial charge is 0.0714 e. The van der Waals surface area contributed by atoms with Gasteiger partial charge < -0.3 is 0 Å². The molecule has 2 aliphatic carbocycles. The molecule has 11 aromatic rings. The molecule has 0 bridgehead atoms. The monoisotopic (exact) mass is 758 g/mol. The Labute approximate surface area is 349 Å². The first-order chi connectivity index (χ1) is 29.7. The summed E-state index contributed by atoms with van der Waals surface area (Å²) in [5, 5.41) is 10.2. The maximum absolute atomic E-state index is 2.47. The summed E-state index contributed by atoms with van der Waals surface area (Å²) in [7, 11) is 0. The van der Waals surface area contributed by atoms with Gasteiger partial charge in [0, 0.05) is 0 Å². The normalized spacial score (nSPS) is 17.5. The second kappa shape index (κ2) is 12.5. The molecule has 13 rings (SSSR count). The van der Waals surface area contributed by atoms with Crippen molar-refractivity contribution in [2.24, 2.45) is 0 Å². The fourth-order valence-electron chi connectivity index (χ4n) is 11.6. The van der Waals surface area contributed by atoms with Crippen LogP contribution in [0.25, 0.3) is 65.3 Å². The van der Waals surface area contributed by atoms with Crippen molar-refractivity contribution in [3.05, 3.63) is 275 Å². The summed E-state index contributed by atoms with van der Waals surface area (Å²) in [6.07, 6.45) is 0. The summed E-state index contributed by atoms with van der Waals surface area (Å²) in [6.45, 7) is 0. The Morgan fingerprint density at radius 1 is 0.200 bits per heavy atom. The van der Waals surface area contributed by atoms with Crippen molar-refractivity contribution in [3.8, 4) is 22.3 Å². The second-order valence-corrected chi connectivity index (χ2v) is 16.7. The molecule has 0 heterocycles. The molecule has 278 valence electrons. The summed E-state index contributed by atoms with van der Waals surface area (Å²) >= 11 is 0. The van der Waals surface area contributed by atoms with Crippen molar-refractivity contribution < 1.29 is 0 Å². The van der Waals surface area contributed by atoms with Gasteiger partial charge in [0.2, 0.25) is 0 Å². The lowest BCUT2D eigenvalue weighted by atomic mass is 9.59. The van der Waals surface area contributed by atoms with Crippen LogP contribution >= 0.6 is 0 Å². The number of hydrogen-bond acceptors (Lipinski definition) is 0. The van der Waals surface area contributed by atoms with Crippen molar-refractivity contribution in [1.82, 2.24) is 0 Å². The van der Waals surface area contributed by atoms with Gasteiger partial charge in [-0.05, 0) is 134 Å². The first-order valence-corrected chi connectivity index (χ1v) is 21.1. The Balaban J connectivity index is 1.06. The van der Waals surface area contributed by atoms with Gasteiger partial charge in [0.15, 0.2) is 0 Å². The smallest absolute Gasteiger partial charge is 0.0622 e. The van der Waals surface area contributed by atoms with Gasteiger partial charge in [-0.1, -0.05) is 206 Å². The van der Waals surface area contributed by atoms with Crippen LogP contribution in [0, 0.1) is 0 Å². The van der Waals surface area contributed by atoms with Gasteiger partial charge in [0.05, 0.1) is 10.8 Å². The molecule has 60 heavy (non-hydrogen) atoms. The van der Waals surface area contributed by atoms with Gasteiger partial charge in [-0.2, -0.15) is 0 Å². The van der Waals surface area contributed by atoms with E-state index in [1.54, 1.807) is 0 Å². The standard InChI is InChI=1S/C60H38/c1-3-19-45(20-4-1)59(53-27-9-7-23-49(53)51-25-11-15-39-17-13-29-55(59)57(39)51)47-33-31-41-36-44-38-48(34-32-42(44)35-43(41)37-47)60(46-21-5-2-6-22-46)54-28-10-8-24-50(54)52-26-12-16-40-18-14-30-56(60)58(40)52/h1-38H. The fraction of sp³-hybridized carbons (Fsp3) is 0.0333. The predicted octanol–water partition coefficient (Wildman–Crippen LogP) is 15.0. The Hall–Kier alpha value is -7.54. The van der Waals surface area contributed by atoms with E-state index in [0.717, 1.165) is 0 Å². The van der Waals surface area contributed by atoms with E-state index in [4.69, 9.17) is 0 Å².